The monoisotopic (exact) mass is 394 g/mol. The number of carbonyl (C=O) groups is 2. The summed E-state index contributed by atoms with van der Waals surface area (Å²) >= 11 is 0. The Kier molecular flexibility index (Phi) is 6.89. The Morgan fingerprint density at radius 2 is 1.76 bits per heavy atom. The van der Waals surface area contributed by atoms with Crippen molar-refractivity contribution in [3.63, 3.8) is 0 Å². The Labute approximate surface area is 170 Å². The van der Waals surface area contributed by atoms with Crippen LogP contribution in [-0.2, 0) is 16.1 Å². The highest BCUT2D eigenvalue weighted by molar-refractivity contribution is 5.95. The molecule has 1 aliphatic heterocycles. The minimum Gasteiger partial charge on any atom is -0.489 e. The molecule has 1 aliphatic rings. The molecule has 152 valence electrons. The summed E-state index contributed by atoms with van der Waals surface area (Å²) in [6, 6.07) is 16.4. The summed E-state index contributed by atoms with van der Waals surface area (Å²) in [5, 5.41) is 5.60. The number of ether oxygens (including phenoxy) is 2. The molecule has 2 aromatic carbocycles. The zero-order chi connectivity index (χ0) is 20.6. The minimum absolute atomic E-state index is 0.272. The van der Waals surface area contributed by atoms with E-state index >= 15 is 0 Å². The molecule has 0 spiro atoms. The molecule has 3 rings (SSSR count). The summed E-state index contributed by atoms with van der Waals surface area (Å²) in [5.74, 6) is 0.297. The lowest BCUT2D eigenvalue weighted by Gasteiger charge is -2.29. The van der Waals surface area contributed by atoms with Gasteiger partial charge in [-0.2, -0.15) is 0 Å². The molecular formula is C23H26N2O4. The fraction of sp³-hybridized carbons (Fsp3) is 0.304. The van der Waals surface area contributed by atoms with E-state index < -0.39 is 12.0 Å². The van der Waals surface area contributed by atoms with Crippen molar-refractivity contribution in [1.82, 2.24) is 10.6 Å². The van der Waals surface area contributed by atoms with E-state index in [1.807, 2.05) is 61.5 Å². The third-order valence-corrected chi connectivity index (χ3v) is 4.61. The molecule has 2 aromatic rings. The molecular weight excluding hydrogens is 368 g/mol. The van der Waals surface area contributed by atoms with Crippen molar-refractivity contribution in [3.8, 4) is 5.75 Å². The number of urea groups is 1. The summed E-state index contributed by atoms with van der Waals surface area (Å²) < 4.78 is 11.1. The zero-order valence-electron chi connectivity index (χ0n) is 16.7. The first-order valence-corrected chi connectivity index (χ1v) is 9.86. The molecule has 2 amide bonds. The molecule has 2 N–H and O–H groups in total. The number of esters is 1. The Bertz CT molecular complexity index is 876. The van der Waals surface area contributed by atoms with Gasteiger partial charge >= 0.3 is 12.0 Å². The first kappa shape index (κ1) is 20.5. The average molecular weight is 394 g/mol. The predicted molar refractivity (Wildman–Crippen MR) is 110 cm³/mol. The number of hydrogen-bond donors (Lipinski definition) is 2. The highest BCUT2D eigenvalue weighted by atomic mass is 16.5. The Morgan fingerprint density at radius 1 is 1.03 bits per heavy atom. The molecule has 0 radical (unpaired) electrons. The van der Waals surface area contributed by atoms with Crippen molar-refractivity contribution < 1.29 is 19.1 Å². The number of benzene rings is 2. The molecule has 0 fully saturated rings. The van der Waals surface area contributed by atoms with Crippen molar-refractivity contribution in [2.75, 3.05) is 6.61 Å². The van der Waals surface area contributed by atoms with Gasteiger partial charge in [0.25, 0.3) is 0 Å². The highest BCUT2D eigenvalue weighted by Crippen LogP contribution is 2.30. The second-order valence-electron chi connectivity index (χ2n) is 6.74. The number of hydrogen-bond acceptors (Lipinski definition) is 4. The molecule has 0 saturated heterocycles. The number of carbonyl (C=O) groups excluding carboxylic acids is 2. The summed E-state index contributed by atoms with van der Waals surface area (Å²) in [5.41, 5.74) is 2.94. The SMILES string of the molecule is CCCC1=C(C(=O)OCC)C(c2ccc(OCc3ccccc3)cc2)NC(=O)N1. The number of nitrogens with one attached hydrogen (secondary N) is 2. The molecule has 0 aliphatic carbocycles. The molecule has 29 heavy (non-hydrogen) atoms. The molecule has 1 atom stereocenters. The molecule has 0 aromatic heterocycles. The summed E-state index contributed by atoms with van der Waals surface area (Å²) in [7, 11) is 0. The molecule has 6 heteroatoms. The quantitative estimate of drug-likeness (QED) is 0.657. The van der Waals surface area contributed by atoms with Gasteiger partial charge in [0.2, 0.25) is 0 Å². The average Bonchev–Trinajstić information content (AvgIpc) is 2.73. The predicted octanol–water partition coefficient (Wildman–Crippen LogP) is 4.24. The van der Waals surface area contributed by atoms with Crippen LogP contribution in [0.1, 0.15) is 43.9 Å². The van der Waals surface area contributed by atoms with Gasteiger partial charge in [0, 0.05) is 5.70 Å². The van der Waals surface area contributed by atoms with Gasteiger partial charge in [-0.15, -0.1) is 0 Å². The van der Waals surface area contributed by atoms with E-state index in [1.54, 1.807) is 6.92 Å². The van der Waals surface area contributed by atoms with Gasteiger partial charge in [0.05, 0.1) is 18.2 Å². The van der Waals surface area contributed by atoms with Crippen molar-refractivity contribution >= 4 is 12.0 Å². The van der Waals surface area contributed by atoms with Crippen LogP contribution in [0.5, 0.6) is 5.75 Å². The minimum atomic E-state index is -0.562. The summed E-state index contributed by atoms with van der Waals surface area (Å²) in [6.45, 7) is 4.51. The highest BCUT2D eigenvalue weighted by Gasteiger charge is 2.33. The molecule has 6 nitrogen and oxygen atoms in total. The van der Waals surface area contributed by atoms with Gasteiger partial charge in [-0.25, -0.2) is 9.59 Å². The van der Waals surface area contributed by atoms with E-state index in [9.17, 15) is 9.59 Å². The van der Waals surface area contributed by atoms with Gasteiger partial charge in [-0.05, 0) is 36.6 Å². The second kappa shape index (κ2) is 9.78. The third-order valence-electron chi connectivity index (χ3n) is 4.61. The number of rotatable bonds is 8. The van der Waals surface area contributed by atoms with Crippen molar-refractivity contribution in [2.45, 2.75) is 39.3 Å². The molecule has 0 saturated carbocycles. The van der Waals surface area contributed by atoms with Crippen LogP contribution in [0.2, 0.25) is 0 Å². The zero-order valence-corrected chi connectivity index (χ0v) is 16.7. The second-order valence-corrected chi connectivity index (χ2v) is 6.74. The normalized spacial score (nSPS) is 16.1. The van der Waals surface area contributed by atoms with Crippen molar-refractivity contribution in [3.05, 3.63) is 77.0 Å². The standard InChI is InChI=1S/C23H26N2O4/c1-3-8-19-20(22(26)28-4-2)21(25-23(27)24-19)17-11-13-18(14-12-17)29-15-16-9-6-5-7-10-16/h5-7,9-14,21H,3-4,8,15H2,1-2H3,(H2,24,25,27). The Hall–Kier alpha value is -3.28. The van der Waals surface area contributed by atoms with Crippen molar-refractivity contribution in [1.29, 1.82) is 0 Å². The van der Waals surface area contributed by atoms with E-state index in [-0.39, 0.29) is 12.6 Å². The molecule has 0 bridgehead atoms. The van der Waals surface area contributed by atoms with Gasteiger partial charge < -0.3 is 20.1 Å². The Balaban J connectivity index is 1.81. The molecule has 1 unspecified atom stereocenters. The lowest BCUT2D eigenvalue weighted by Crippen LogP contribution is -2.46. The lowest BCUT2D eigenvalue weighted by molar-refractivity contribution is -0.139. The van der Waals surface area contributed by atoms with Crippen LogP contribution < -0.4 is 15.4 Å². The topological polar surface area (TPSA) is 76.7 Å². The van der Waals surface area contributed by atoms with Crippen LogP contribution in [0.15, 0.2) is 65.9 Å². The van der Waals surface area contributed by atoms with E-state index in [4.69, 9.17) is 9.47 Å². The van der Waals surface area contributed by atoms with E-state index in [0.29, 0.717) is 30.0 Å². The fourth-order valence-corrected chi connectivity index (χ4v) is 3.26. The van der Waals surface area contributed by atoms with Crippen molar-refractivity contribution in [2.24, 2.45) is 0 Å². The van der Waals surface area contributed by atoms with Crippen LogP contribution >= 0.6 is 0 Å². The maximum atomic E-state index is 12.6. The Morgan fingerprint density at radius 3 is 2.41 bits per heavy atom. The first-order valence-electron chi connectivity index (χ1n) is 9.86. The maximum Gasteiger partial charge on any atom is 0.338 e. The molecule has 1 heterocycles. The van der Waals surface area contributed by atoms with Gasteiger partial charge in [0.15, 0.2) is 0 Å². The van der Waals surface area contributed by atoms with Crippen LogP contribution in [0.4, 0.5) is 4.79 Å². The van der Waals surface area contributed by atoms with Crippen LogP contribution in [0.25, 0.3) is 0 Å². The number of allylic oxidation sites excluding steroid dienone is 1. The number of amides is 2. The smallest absolute Gasteiger partial charge is 0.338 e. The van der Waals surface area contributed by atoms with Gasteiger partial charge in [0.1, 0.15) is 12.4 Å². The third kappa shape index (κ3) is 5.16. The van der Waals surface area contributed by atoms with Crippen LogP contribution in [0.3, 0.4) is 0 Å². The summed E-state index contributed by atoms with van der Waals surface area (Å²) in [4.78, 5) is 24.8. The largest absolute Gasteiger partial charge is 0.489 e. The van der Waals surface area contributed by atoms with Gasteiger partial charge in [-0.1, -0.05) is 55.8 Å². The van der Waals surface area contributed by atoms with E-state index in [0.717, 1.165) is 17.5 Å². The van der Waals surface area contributed by atoms with Gasteiger partial charge in [-0.3, -0.25) is 0 Å². The fourth-order valence-electron chi connectivity index (χ4n) is 3.26. The first-order chi connectivity index (χ1) is 14.1. The van der Waals surface area contributed by atoms with Crippen LogP contribution in [0, 0.1) is 0 Å². The van der Waals surface area contributed by atoms with Crippen LogP contribution in [-0.4, -0.2) is 18.6 Å². The lowest BCUT2D eigenvalue weighted by atomic mass is 9.94. The van der Waals surface area contributed by atoms with E-state index in [2.05, 4.69) is 10.6 Å². The maximum absolute atomic E-state index is 12.6. The summed E-state index contributed by atoms with van der Waals surface area (Å²) in [6.07, 6.45) is 1.40. The van der Waals surface area contributed by atoms with E-state index in [1.165, 1.54) is 0 Å².